The number of rotatable bonds is 0. The average molecular weight is 290 g/mol. The van der Waals surface area contributed by atoms with E-state index in [1.54, 1.807) is 0 Å². The van der Waals surface area contributed by atoms with Gasteiger partial charge in [0.2, 0.25) is 0 Å². The van der Waals surface area contributed by atoms with Crippen LogP contribution in [0.25, 0.3) is 0 Å². The zero-order chi connectivity index (χ0) is 0. The normalized spacial score (nSPS) is 0. The number of hydrogen-bond acceptors (Lipinski definition) is 0. The predicted octanol–water partition coefficient (Wildman–Crippen LogP) is -2.37. The van der Waals surface area contributed by atoms with Gasteiger partial charge in [0.05, 0.1) is 0 Å². The van der Waals surface area contributed by atoms with Crippen LogP contribution in [-0.4, -0.2) is 59.8 Å². The van der Waals surface area contributed by atoms with Crippen molar-refractivity contribution in [1.29, 1.82) is 0 Å². The topological polar surface area (TPSA) is 0 Å². The molecule has 0 nitrogen and oxygen atoms in total. The Morgan fingerprint density at radius 3 is 1.00 bits per heavy atom. The van der Waals surface area contributed by atoms with Crippen molar-refractivity contribution in [2.24, 2.45) is 0 Å². The number of hydrogen-bond donors (Lipinski definition) is 0. The second-order valence-electron chi connectivity index (χ2n) is 0. The fraction of sp³-hybridized carbons (Fsp3) is 0. The van der Waals surface area contributed by atoms with Crippen LogP contribution < -0.4 is 0 Å². The molecule has 0 rings (SSSR count). The minimum atomic E-state index is 0. The van der Waals surface area contributed by atoms with E-state index < -0.39 is 0 Å². The van der Waals surface area contributed by atoms with Crippen LogP contribution in [0.2, 0.25) is 0 Å². The van der Waals surface area contributed by atoms with Gasteiger partial charge in [-0.3, -0.25) is 0 Å². The Bertz CT molecular complexity index is 8.00. The van der Waals surface area contributed by atoms with E-state index in [1.165, 1.54) is 0 Å². The Morgan fingerprint density at radius 2 is 1.00 bits per heavy atom. The summed E-state index contributed by atoms with van der Waals surface area (Å²) >= 11 is 0. The van der Waals surface area contributed by atoms with Crippen molar-refractivity contribution >= 4 is 59.8 Å². The van der Waals surface area contributed by atoms with Crippen LogP contribution in [0.3, 0.4) is 0 Å². The summed E-state index contributed by atoms with van der Waals surface area (Å²) in [6.45, 7) is 0. The molecule has 0 fully saturated rings. The standard InChI is InChI=1S/Ba.Cu.Mn.H4Si.2H/h;;;1H4;;. The molecule has 0 aliphatic heterocycles. The zero-order valence-corrected chi connectivity index (χ0v) is 2.80. The molecule has 0 spiro atoms. The summed E-state index contributed by atoms with van der Waals surface area (Å²) in [5.74, 6) is 0. The van der Waals surface area contributed by atoms with Gasteiger partial charge in [-0.15, -0.1) is 0 Å². The molecule has 0 aliphatic rings. The van der Waals surface area contributed by atoms with Crippen molar-refractivity contribution in [2.45, 2.75) is 0 Å². The Balaban J connectivity index is 0. The Labute approximate surface area is 91.9 Å². The molecule has 30 valence electrons. The van der Waals surface area contributed by atoms with E-state index in [0.717, 1.165) is 0 Å². The van der Waals surface area contributed by atoms with E-state index in [9.17, 15) is 0 Å². The molecule has 4 heavy (non-hydrogen) atoms. The van der Waals surface area contributed by atoms with Crippen molar-refractivity contribution in [2.75, 3.05) is 0 Å². The first-order valence-corrected chi connectivity index (χ1v) is 0. The summed E-state index contributed by atoms with van der Waals surface area (Å²) < 4.78 is 0. The third kappa shape index (κ3) is 8.85. The van der Waals surface area contributed by atoms with E-state index >= 15 is 0 Å². The Morgan fingerprint density at radius 1 is 1.00 bits per heavy atom. The van der Waals surface area contributed by atoms with E-state index in [4.69, 9.17) is 0 Å². The van der Waals surface area contributed by atoms with Gasteiger partial charge >= 0.3 is 48.9 Å². The molecule has 0 saturated carbocycles. The molecule has 0 aromatic heterocycles. The van der Waals surface area contributed by atoms with E-state index in [1.807, 2.05) is 0 Å². The minimum absolute atomic E-state index is 0. The van der Waals surface area contributed by atoms with Gasteiger partial charge in [0.15, 0.2) is 0 Å². The molecule has 0 aromatic rings. The first-order chi connectivity index (χ1) is 0. The molecule has 0 aromatic carbocycles. The summed E-state index contributed by atoms with van der Waals surface area (Å²) in [5.41, 5.74) is 0. The van der Waals surface area contributed by atoms with E-state index in [-0.39, 0.29) is 94.0 Å². The van der Waals surface area contributed by atoms with E-state index in [2.05, 4.69) is 0 Å². The fourth-order valence-electron chi connectivity index (χ4n) is 0. The van der Waals surface area contributed by atoms with Crippen LogP contribution >= 0.6 is 0 Å². The summed E-state index contributed by atoms with van der Waals surface area (Å²) in [5, 5.41) is 0. The van der Waals surface area contributed by atoms with Crippen molar-refractivity contribution in [1.82, 2.24) is 0 Å². The maximum Gasteiger partial charge on any atom is 0 e. The minimum Gasteiger partial charge on any atom is -0.0149 e. The summed E-state index contributed by atoms with van der Waals surface area (Å²) in [6.07, 6.45) is 0. The maximum absolute atomic E-state index is 0. The average Bonchev–Trinajstić information content (AvgIpc) is 0. The summed E-state index contributed by atoms with van der Waals surface area (Å²) in [7, 11) is 0. The molecule has 2 radical (unpaired) electrons. The van der Waals surface area contributed by atoms with Gasteiger partial charge in [-0.1, -0.05) is 0 Å². The van der Waals surface area contributed by atoms with Crippen molar-refractivity contribution in [3.8, 4) is 0 Å². The molecule has 0 amide bonds. The summed E-state index contributed by atoms with van der Waals surface area (Å²) in [4.78, 5) is 0. The van der Waals surface area contributed by atoms with Crippen LogP contribution in [0.5, 0.6) is 0 Å². The largest absolute Gasteiger partial charge is 0.0149 e. The monoisotopic (exact) mass is 290 g/mol. The van der Waals surface area contributed by atoms with Crippen molar-refractivity contribution < 1.29 is 34.1 Å². The third-order valence-electron chi connectivity index (χ3n) is 0. The van der Waals surface area contributed by atoms with Crippen LogP contribution in [0.1, 0.15) is 0 Å². The van der Waals surface area contributed by atoms with Gasteiger partial charge in [-0.25, -0.2) is 0 Å². The van der Waals surface area contributed by atoms with Crippen molar-refractivity contribution in [3.05, 3.63) is 0 Å². The second kappa shape index (κ2) is 17.0. The Hall–Kier alpha value is 2.83. The van der Waals surface area contributed by atoms with Crippen LogP contribution in [0.15, 0.2) is 0 Å². The zero-order valence-electron chi connectivity index (χ0n) is 0.679. The van der Waals surface area contributed by atoms with Gasteiger partial charge in [-0.2, -0.15) is 0 Å². The fourth-order valence-corrected chi connectivity index (χ4v) is 0. The molecule has 0 aliphatic carbocycles. The van der Waals surface area contributed by atoms with E-state index in [0.29, 0.717) is 0 Å². The van der Waals surface area contributed by atoms with Crippen LogP contribution in [0, 0.1) is 0 Å². The van der Waals surface area contributed by atoms with Gasteiger partial charge in [0.1, 0.15) is 0 Å². The van der Waals surface area contributed by atoms with Gasteiger partial charge < -0.3 is 0 Å². The van der Waals surface area contributed by atoms with Gasteiger partial charge in [0.25, 0.3) is 0 Å². The SMILES string of the molecule is [BaH2].[Cu].[Mn].[SiH4]. The predicted molar refractivity (Wildman–Crippen MR) is 19.9 cm³/mol. The Kier molecular flexibility index (Phi) is 123. The quantitative estimate of drug-likeness (QED) is 0.437. The van der Waals surface area contributed by atoms with Gasteiger partial charge in [0, 0.05) is 34.1 Å². The molecular weight excluding hydrogens is 284 g/mol. The molecule has 0 heterocycles. The van der Waals surface area contributed by atoms with Crippen molar-refractivity contribution in [3.63, 3.8) is 0 Å². The second-order valence-corrected chi connectivity index (χ2v) is 0. The molecule has 4 heteroatoms. The first kappa shape index (κ1) is 29.0. The van der Waals surface area contributed by atoms with Gasteiger partial charge in [-0.05, 0) is 11.0 Å². The summed E-state index contributed by atoms with van der Waals surface area (Å²) in [6, 6.07) is 0. The first-order valence-electron chi connectivity index (χ1n) is 0. The van der Waals surface area contributed by atoms with Crippen LogP contribution in [-0.2, 0) is 34.1 Å². The molecular formula is H6BaCuMnSi. The molecule has 0 atom stereocenters. The smallest absolute Gasteiger partial charge is 0 e. The van der Waals surface area contributed by atoms with Crippen LogP contribution in [0.4, 0.5) is 0 Å². The maximum atomic E-state index is 0. The third-order valence-corrected chi connectivity index (χ3v) is 0. The molecule has 0 saturated heterocycles. The molecule has 0 bridgehead atoms. The molecule has 0 unspecified atom stereocenters. The molecule has 0 N–H and O–H groups in total.